The smallest absolute Gasteiger partial charge is 0.128 e. The lowest BCUT2D eigenvalue weighted by Gasteiger charge is -2.09. The summed E-state index contributed by atoms with van der Waals surface area (Å²) < 4.78 is 28.9. The highest BCUT2D eigenvalue weighted by Gasteiger charge is 2.12. The van der Waals surface area contributed by atoms with Gasteiger partial charge in [0.15, 0.2) is 0 Å². The average Bonchev–Trinajstić information content (AvgIpc) is 2.78. The van der Waals surface area contributed by atoms with E-state index in [1.54, 1.807) is 24.3 Å². The minimum absolute atomic E-state index is 0.262. The van der Waals surface area contributed by atoms with Crippen molar-refractivity contribution in [1.82, 2.24) is 9.55 Å². The predicted molar refractivity (Wildman–Crippen MR) is 77.9 cm³/mol. The zero-order valence-electron chi connectivity index (χ0n) is 10.6. The summed E-state index contributed by atoms with van der Waals surface area (Å²) in [4.78, 5) is 4.34. The molecule has 1 heterocycles. The summed E-state index contributed by atoms with van der Waals surface area (Å²) in [5.41, 5.74) is 1.91. The number of benzene rings is 2. The molecule has 2 nitrogen and oxygen atoms in total. The van der Waals surface area contributed by atoms with Crippen LogP contribution in [0.1, 0.15) is 11.4 Å². The molecule has 3 aromatic rings. The second-order valence-corrected chi connectivity index (χ2v) is 4.81. The Kier molecular flexibility index (Phi) is 3.44. The number of aromatic nitrogens is 2. The van der Waals surface area contributed by atoms with Gasteiger partial charge in [0.2, 0.25) is 0 Å². The first kappa shape index (κ1) is 13.1. The lowest BCUT2D eigenvalue weighted by Crippen LogP contribution is -2.05. The third kappa shape index (κ3) is 2.29. The zero-order valence-corrected chi connectivity index (χ0v) is 11.4. The number of imidazole rings is 1. The maximum absolute atomic E-state index is 13.8. The molecule has 102 valence electrons. The van der Waals surface area contributed by atoms with Crippen LogP contribution in [-0.2, 0) is 12.3 Å². The van der Waals surface area contributed by atoms with Crippen molar-refractivity contribution in [2.45, 2.75) is 12.3 Å². The van der Waals surface area contributed by atoms with Crippen LogP contribution >= 0.6 is 12.6 Å². The highest BCUT2D eigenvalue weighted by atomic mass is 32.1. The van der Waals surface area contributed by atoms with Crippen LogP contribution in [0.3, 0.4) is 0 Å². The van der Waals surface area contributed by atoms with Crippen molar-refractivity contribution in [1.29, 1.82) is 0 Å². The van der Waals surface area contributed by atoms with Crippen LogP contribution in [0, 0.1) is 11.6 Å². The molecular formula is C15H12F2N2S. The fourth-order valence-corrected chi connectivity index (χ4v) is 2.49. The third-order valence-electron chi connectivity index (χ3n) is 3.22. The summed E-state index contributed by atoms with van der Waals surface area (Å²) in [5.74, 6) is 0.502. The van der Waals surface area contributed by atoms with Gasteiger partial charge in [0.25, 0.3) is 0 Å². The Hall–Kier alpha value is -1.88. The number of halogens is 2. The van der Waals surface area contributed by atoms with Crippen LogP contribution in [0.25, 0.3) is 11.0 Å². The summed E-state index contributed by atoms with van der Waals surface area (Å²) in [6.07, 6.45) is 0. The quantitative estimate of drug-likeness (QED) is 0.727. The second kappa shape index (κ2) is 5.25. The van der Waals surface area contributed by atoms with Gasteiger partial charge in [0.1, 0.15) is 17.5 Å². The van der Waals surface area contributed by atoms with E-state index in [1.165, 1.54) is 18.2 Å². The topological polar surface area (TPSA) is 17.8 Å². The normalized spacial score (nSPS) is 11.2. The van der Waals surface area contributed by atoms with Crippen molar-refractivity contribution >= 4 is 23.7 Å². The summed E-state index contributed by atoms with van der Waals surface area (Å²) in [6.45, 7) is 0.352. The Morgan fingerprint density at radius 3 is 2.65 bits per heavy atom. The number of rotatable bonds is 3. The lowest BCUT2D eigenvalue weighted by atomic mass is 10.2. The molecule has 0 aliphatic rings. The van der Waals surface area contributed by atoms with E-state index < -0.39 is 0 Å². The molecular weight excluding hydrogens is 278 g/mol. The molecule has 0 fully saturated rings. The Morgan fingerprint density at radius 2 is 1.90 bits per heavy atom. The molecule has 0 spiro atoms. The van der Waals surface area contributed by atoms with Gasteiger partial charge in [0, 0.05) is 17.4 Å². The standard InChI is InChI=1S/C15H12F2N2S/c16-11-5-6-14-13(7-11)18-15(9-20)19(14)8-10-3-1-2-4-12(10)17/h1-7,20H,8-9H2. The monoisotopic (exact) mass is 290 g/mol. The SMILES string of the molecule is Fc1ccc2c(c1)nc(CS)n2Cc1ccccc1F. The van der Waals surface area contributed by atoms with Crippen LogP contribution in [0.15, 0.2) is 42.5 Å². The summed E-state index contributed by atoms with van der Waals surface area (Å²) in [5, 5.41) is 0. The van der Waals surface area contributed by atoms with Crippen molar-refractivity contribution in [2.24, 2.45) is 0 Å². The predicted octanol–water partition coefficient (Wildman–Crippen LogP) is 3.79. The number of thiol groups is 1. The van der Waals surface area contributed by atoms with Crippen molar-refractivity contribution in [2.75, 3.05) is 0 Å². The van der Waals surface area contributed by atoms with E-state index in [0.29, 0.717) is 29.2 Å². The minimum Gasteiger partial charge on any atom is -0.323 e. The van der Waals surface area contributed by atoms with E-state index >= 15 is 0 Å². The number of fused-ring (bicyclic) bond motifs is 1. The lowest BCUT2D eigenvalue weighted by molar-refractivity contribution is 0.599. The molecule has 0 bridgehead atoms. The van der Waals surface area contributed by atoms with Gasteiger partial charge in [0.05, 0.1) is 17.6 Å². The van der Waals surface area contributed by atoms with Gasteiger partial charge < -0.3 is 4.57 Å². The van der Waals surface area contributed by atoms with Gasteiger partial charge in [-0.2, -0.15) is 12.6 Å². The van der Waals surface area contributed by atoms with Gasteiger partial charge in [-0.25, -0.2) is 13.8 Å². The van der Waals surface area contributed by atoms with Gasteiger partial charge >= 0.3 is 0 Å². The van der Waals surface area contributed by atoms with Crippen molar-refractivity contribution in [3.63, 3.8) is 0 Å². The largest absolute Gasteiger partial charge is 0.323 e. The van der Waals surface area contributed by atoms with E-state index in [4.69, 9.17) is 0 Å². The number of nitrogens with zero attached hydrogens (tertiary/aromatic N) is 2. The molecule has 0 N–H and O–H groups in total. The molecule has 0 saturated heterocycles. The van der Waals surface area contributed by atoms with Crippen LogP contribution in [0.5, 0.6) is 0 Å². The number of hydrogen-bond acceptors (Lipinski definition) is 2. The molecule has 2 aromatic carbocycles. The first-order valence-electron chi connectivity index (χ1n) is 6.18. The van der Waals surface area contributed by atoms with E-state index in [1.807, 2.05) is 4.57 Å². The molecule has 5 heteroatoms. The first-order chi connectivity index (χ1) is 9.69. The molecule has 0 aliphatic heterocycles. The molecule has 0 unspecified atom stereocenters. The fourth-order valence-electron chi connectivity index (χ4n) is 2.25. The van der Waals surface area contributed by atoms with Crippen molar-refractivity contribution in [3.8, 4) is 0 Å². The minimum atomic E-state index is -0.334. The van der Waals surface area contributed by atoms with Crippen LogP contribution < -0.4 is 0 Å². The van der Waals surface area contributed by atoms with Crippen LogP contribution in [-0.4, -0.2) is 9.55 Å². The molecule has 3 rings (SSSR count). The Morgan fingerprint density at radius 1 is 1.10 bits per heavy atom. The zero-order chi connectivity index (χ0) is 14.1. The van der Waals surface area contributed by atoms with Crippen molar-refractivity contribution in [3.05, 3.63) is 65.5 Å². The highest BCUT2D eigenvalue weighted by molar-refractivity contribution is 7.79. The molecule has 0 atom stereocenters. The van der Waals surface area contributed by atoms with Gasteiger partial charge in [-0.1, -0.05) is 18.2 Å². The van der Waals surface area contributed by atoms with Crippen LogP contribution in [0.4, 0.5) is 8.78 Å². The Bertz CT molecular complexity index is 768. The Labute approximate surface area is 120 Å². The fraction of sp³-hybridized carbons (Fsp3) is 0.133. The first-order valence-corrected chi connectivity index (χ1v) is 6.81. The van der Waals surface area contributed by atoms with Gasteiger partial charge in [-0.05, 0) is 18.2 Å². The van der Waals surface area contributed by atoms with E-state index in [0.717, 1.165) is 5.52 Å². The van der Waals surface area contributed by atoms with E-state index in [2.05, 4.69) is 17.6 Å². The Balaban J connectivity index is 2.12. The molecule has 0 saturated carbocycles. The maximum atomic E-state index is 13.8. The van der Waals surface area contributed by atoms with Crippen molar-refractivity contribution < 1.29 is 8.78 Å². The number of hydrogen-bond donors (Lipinski definition) is 1. The van der Waals surface area contributed by atoms with E-state index in [-0.39, 0.29) is 11.6 Å². The summed E-state index contributed by atoms with van der Waals surface area (Å²) in [7, 11) is 0. The van der Waals surface area contributed by atoms with Gasteiger partial charge in [-0.15, -0.1) is 0 Å². The van der Waals surface area contributed by atoms with Gasteiger partial charge in [-0.3, -0.25) is 0 Å². The summed E-state index contributed by atoms with van der Waals surface area (Å²) in [6, 6.07) is 11.0. The molecule has 0 aliphatic carbocycles. The third-order valence-corrected chi connectivity index (χ3v) is 3.50. The van der Waals surface area contributed by atoms with Crippen LogP contribution in [0.2, 0.25) is 0 Å². The molecule has 20 heavy (non-hydrogen) atoms. The molecule has 1 aromatic heterocycles. The average molecular weight is 290 g/mol. The second-order valence-electron chi connectivity index (χ2n) is 4.50. The highest BCUT2D eigenvalue weighted by Crippen LogP contribution is 2.21. The van der Waals surface area contributed by atoms with E-state index in [9.17, 15) is 8.78 Å². The maximum Gasteiger partial charge on any atom is 0.128 e. The molecule has 0 amide bonds. The summed E-state index contributed by atoms with van der Waals surface area (Å²) >= 11 is 4.24. The molecule has 0 radical (unpaired) electrons.